The van der Waals surface area contributed by atoms with E-state index in [1.807, 2.05) is 18.2 Å². The van der Waals surface area contributed by atoms with Crippen LogP contribution in [-0.4, -0.2) is 10.5 Å². The zero-order chi connectivity index (χ0) is 14.5. The summed E-state index contributed by atoms with van der Waals surface area (Å²) in [5.41, 5.74) is 7.24. The summed E-state index contributed by atoms with van der Waals surface area (Å²) in [6.45, 7) is 1.93. The van der Waals surface area contributed by atoms with Gasteiger partial charge in [0.15, 0.2) is 0 Å². The van der Waals surface area contributed by atoms with Gasteiger partial charge in [-0.3, -0.25) is 9.59 Å². The van der Waals surface area contributed by atoms with Crippen molar-refractivity contribution in [3.05, 3.63) is 64.1 Å². The monoisotopic (exact) mass is 271 g/mol. The number of carbonyl (C=O) groups is 1. The molecule has 0 radical (unpaired) electrons. The molecule has 0 aliphatic carbocycles. The first-order valence-electron chi connectivity index (χ1n) is 6.36. The summed E-state index contributed by atoms with van der Waals surface area (Å²) in [6, 6.07) is 12.6. The molecule has 5 nitrogen and oxygen atoms in total. The molecule has 0 aliphatic heterocycles. The van der Waals surface area contributed by atoms with E-state index in [0.717, 1.165) is 5.69 Å². The van der Waals surface area contributed by atoms with Gasteiger partial charge in [-0.05, 0) is 25.1 Å². The van der Waals surface area contributed by atoms with Gasteiger partial charge in [-0.25, -0.2) is 0 Å². The fourth-order valence-corrected chi connectivity index (χ4v) is 1.93. The Bertz CT molecular complexity index is 663. The Morgan fingerprint density at radius 1 is 1.20 bits per heavy atom. The minimum atomic E-state index is -0.240. The third-order valence-corrected chi connectivity index (χ3v) is 3.05. The number of pyridine rings is 1. The van der Waals surface area contributed by atoms with E-state index in [2.05, 4.69) is 5.32 Å². The van der Waals surface area contributed by atoms with Crippen molar-refractivity contribution < 1.29 is 4.79 Å². The number of amides is 1. The normalized spacial score (nSPS) is 10.3. The molecular weight excluding hydrogens is 254 g/mol. The number of carbonyl (C=O) groups excluding carboxylic acids is 1. The van der Waals surface area contributed by atoms with Gasteiger partial charge in [-0.15, -0.1) is 0 Å². The smallest absolute Gasteiger partial charge is 0.255 e. The van der Waals surface area contributed by atoms with E-state index < -0.39 is 0 Å². The quantitative estimate of drug-likeness (QED) is 0.878. The first-order chi connectivity index (χ1) is 9.61. The number of para-hydroxylation sites is 1. The zero-order valence-corrected chi connectivity index (χ0v) is 11.3. The van der Waals surface area contributed by atoms with E-state index in [-0.39, 0.29) is 24.6 Å². The van der Waals surface area contributed by atoms with Crippen molar-refractivity contribution in [2.75, 3.05) is 5.32 Å². The van der Waals surface area contributed by atoms with Crippen molar-refractivity contribution in [2.24, 2.45) is 5.73 Å². The SMILES string of the molecule is Cc1ccc(CN)c(=O)n1CC(=O)Nc1ccccc1. The van der Waals surface area contributed by atoms with Crippen LogP contribution in [0.4, 0.5) is 5.69 Å². The van der Waals surface area contributed by atoms with Crippen LogP contribution in [0.5, 0.6) is 0 Å². The van der Waals surface area contributed by atoms with Crippen molar-refractivity contribution in [1.82, 2.24) is 4.57 Å². The van der Waals surface area contributed by atoms with Gasteiger partial charge >= 0.3 is 0 Å². The fourth-order valence-electron chi connectivity index (χ4n) is 1.93. The molecule has 0 saturated heterocycles. The number of aryl methyl sites for hydroxylation is 1. The summed E-state index contributed by atoms with van der Waals surface area (Å²) >= 11 is 0. The average Bonchev–Trinajstić information content (AvgIpc) is 2.45. The van der Waals surface area contributed by atoms with Crippen molar-refractivity contribution in [1.29, 1.82) is 0 Å². The third kappa shape index (κ3) is 3.13. The molecule has 2 aromatic rings. The molecule has 1 aromatic carbocycles. The molecule has 0 spiro atoms. The van der Waals surface area contributed by atoms with Gasteiger partial charge in [-0.2, -0.15) is 0 Å². The predicted molar refractivity (Wildman–Crippen MR) is 78.4 cm³/mol. The molecular formula is C15H17N3O2. The highest BCUT2D eigenvalue weighted by atomic mass is 16.2. The molecule has 2 rings (SSSR count). The fraction of sp³-hybridized carbons (Fsp3) is 0.200. The molecule has 3 N–H and O–H groups in total. The third-order valence-electron chi connectivity index (χ3n) is 3.05. The van der Waals surface area contributed by atoms with Gasteiger partial charge in [0.2, 0.25) is 5.91 Å². The molecule has 0 fully saturated rings. The van der Waals surface area contributed by atoms with Crippen LogP contribution in [0.3, 0.4) is 0 Å². The van der Waals surface area contributed by atoms with E-state index in [0.29, 0.717) is 11.3 Å². The molecule has 0 aliphatic rings. The molecule has 0 unspecified atom stereocenters. The summed E-state index contributed by atoms with van der Waals surface area (Å²) in [4.78, 5) is 24.1. The molecule has 0 saturated carbocycles. The number of hydrogen-bond acceptors (Lipinski definition) is 3. The highest BCUT2D eigenvalue weighted by molar-refractivity contribution is 5.90. The molecule has 0 bridgehead atoms. The number of benzene rings is 1. The zero-order valence-electron chi connectivity index (χ0n) is 11.3. The second-order valence-corrected chi connectivity index (χ2v) is 4.51. The number of anilines is 1. The molecule has 5 heteroatoms. The van der Waals surface area contributed by atoms with Crippen molar-refractivity contribution in [3.63, 3.8) is 0 Å². The number of nitrogens with one attached hydrogen (secondary N) is 1. The molecule has 104 valence electrons. The Morgan fingerprint density at radius 2 is 1.90 bits per heavy atom. The van der Waals surface area contributed by atoms with Gasteiger partial charge in [0, 0.05) is 23.5 Å². The maximum atomic E-state index is 12.1. The highest BCUT2D eigenvalue weighted by Crippen LogP contribution is 2.05. The lowest BCUT2D eigenvalue weighted by molar-refractivity contribution is -0.116. The van der Waals surface area contributed by atoms with Crippen molar-refractivity contribution in [3.8, 4) is 0 Å². The standard InChI is InChI=1S/C15H17N3O2/c1-11-7-8-12(9-16)15(20)18(11)10-14(19)17-13-5-3-2-4-6-13/h2-8H,9-10,16H2,1H3,(H,17,19). The minimum Gasteiger partial charge on any atom is -0.326 e. The maximum Gasteiger partial charge on any atom is 0.255 e. The van der Waals surface area contributed by atoms with Crippen LogP contribution in [0.25, 0.3) is 0 Å². The maximum absolute atomic E-state index is 12.1. The van der Waals surface area contributed by atoms with E-state index in [4.69, 9.17) is 5.73 Å². The van der Waals surface area contributed by atoms with Gasteiger partial charge in [0.1, 0.15) is 6.54 Å². The summed E-state index contributed by atoms with van der Waals surface area (Å²) in [5.74, 6) is -0.240. The van der Waals surface area contributed by atoms with Crippen LogP contribution in [0.1, 0.15) is 11.3 Å². The van der Waals surface area contributed by atoms with Gasteiger partial charge < -0.3 is 15.6 Å². The first-order valence-corrected chi connectivity index (χ1v) is 6.36. The lowest BCUT2D eigenvalue weighted by atomic mass is 10.2. The Balaban J connectivity index is 2.18. The summed E-state index contributed by atoms with van der Waals surface area (Å²) < 4.78 is 1.43. The number of hydrogen-bond donors (Lipinski definition) is 2. The number of nitrogens with two attached hydrogens (primary N) is 1. The predicted octanol–water partition coefficient (Wildman–Crippen LogP) is 1.25. The largest absolute Gasteiger partial charge is 0.326 e. The average molecular weight is 271 g/mol. The Morgan fingerprint density at radius 3 is 2.55 bits per heavy atom. The van der Waals surface area contributed by atoms with Gasteiger partial charge in [0.25, 0.3) is 5.56 Å². The lowest BCUT2D eigenvalue weighted by Crippen LogP contribution is -2.31. The molecule has 1 aromatic heterocycles. The van der Waals surface area contributed by atoms with Crippen molar-refractivity contribution >= 4 is 11.6 Å². The van der Waals surface area contributed by atoms with E-state index in [1.54, 1.807) is 31.2 Å². The second-order valence-electron chi connectivity index (χ2n) is 4.51. The molecule has 1 amide bonds. The van der Waals surface area contributed by atoms with Gasteiger partial charge in [-0.1, -0.05) is 24.3 Å². The molecule has 20 heavy (non-hydrogen) atoms. The van der Waals surface area contributed by atoms with Crippen LogP contribution in [0.2, 0.25) is 0 Å². The minimum absolute atomic E-state index is 0.0204. The molecule has 0 atom stereocenters. The van der Waals surface area contributed by atoms with Crippen LogP contribution in [-0.2, 0) is 17.9 Å². The van der Waals surface area contributed by atoms with E-state index in [1.165, 1.54) is 4.57 Å². The van der Waals surface area contributed by atoms with Crippen LogP contribution in [0, 0.1) is 6.92 Å². The number of nitrogens with zero attached hydrogens (tertiary/aromatic N) is 1. The van der Waals surface area contributed by atoms with Gasteiger partial charge in [0.05, 0.1) is 0 Å². The topological polar surface area (TPSA) is 77.1 Å². The summed E-state index contributed by atoms with van der Waals surface area (Å²) in [5, 5.41) is 2.75. The summed E-state index contributed by atoms with van der Waals surface area (Å²) in [6.07, 6.45) is 0. The van der Waals surface area contributed by atoms with Crippen molar-refractivity contribution in [2.45, 2.75) is 20.0 Å². The van der Waals surface area contributed by atoms with Crippen LogP contribution in [0.15, 0.2) is 47.3 Å². The van der Waals surface area contributed by atoms with Crippen LogP contribution < -0.4 is 16.6 Å². The Kier molecular flexibility index (Phi) is 4.32. The van der Waals surface area contributed by atoms with E-state index in [9.17, 15) is 9.59 Å². The van der Waals surface area contributed by atoms with E-state index >= 15 is 0 Å². The number of aromatic nitrogens is 1. The highest BCUT2D eigenvalue weighted by Gasteiger charge is 2.09. The first kappa shape index (κ1) is 14.0. The Labute approximate surface area is 117 Å². The lowest BCUT2D eigenvalue weighted by Gasteiger charge is -2.11. The number of rotatable bonds is 4. The van der Waals surface area contributed by atoms with Crippen LogP contribution >= 0.6 is 0 Å². The summed E-state index contributed by atoms with van der Waals surface area (Å²) in [7, 11) is 0. The second kappa shape index (κ2) is 6.16. The Hall–Kier alpha value is -2.40. The molecule has 1 heterocycles.